The Hall–Kier alpha value is -1.39. The highest BCUT2D eigenvalue weighted by atomic mass is 32.2. The van der Waals surface area contributed by atoms with E-state index in [1.807, 2.05) is 6.20 Å². The molecule has 0 spiro atoms. The molecule has 1 N–H and O–H groups in total. The van der Waals surface area contributed by atoms with E-state index >= 15 is 0 Å². The van der Waals surface area contributed by atoms with Gasteiger partial charge < -0.3 is 5.32 Å². The van der Waals surface area contributed by atoms with Crippen LogP contribution < -0.4 is 5.32 Å². The molecule has 2 rings (SSSR count). The lowest BCUT2D eigenvalue weighted by atomic mass is 10.0. The van der Waals surface area contributed by atoms with E-state index in [0.29, 0.717) is 11.3 Å². The number of nitrogens with one attached hydrogen (secondary N) is 1. The molecule has 0 aliphatic rings. The van der Waals surface area contributed by atoms with E-state index in [1.54, 1.807) is 24.2 Å². The summed E-state index contributed by atoms with van der Waals surface area (Å²) in [5.74, 6) is 0. The molecule has 106 valence electrons. The molecular weight excluding hydrogens is 266 g/mol. The molecule has 1 aromatic carbocycles. The molecule has 1 heterocycles. The molecule has 0 bridgehead atoms. The second kappa shape index (κ2) is 8.02. The highest BCUT2D eigenvalue weighted by Crippen LogP contribution is 2.30. The number of benzene rings is 1. The topological polar surface area (TPSA) is 37.8 Å². The molecule has 0 aliphatic carbocycles. The molecule has 4 heteroatoms. The second-order valence-corrected chi connectivity index (χ2v) is 6.11. The zero-order chi connectivity index (χ0) is 14.2. The van der Waals surface area contributed by atoms with Crippen LogP contribution in [0.3, 0.4) is 0 Å². The van der Waals surface area contributed by atoms with Crippen molar-refractivity contribution in [2.24, 2.45) is 0 Å². The number of nitrogens with zero attached hydrogens (tertiary/aromatic N) is 2. The number of rotatable bonds is 7. The SMILES string of the molecule is CCCNC(c1ccccc1)C(C)Sc1cnccn1. The highest BCUT2D eigenvalue weighted by molar-refractivity contribution is 7.99. The van der Waals surface area contributed by atoms with Crippen LogP contribution in [0.1, 0.15) is 31.9 Å². The summed E-state index contributed by atoms with van der Waals surface area (Å²) in [6.45, 7) is 5.44. The van der Waals surface area contributed by atoms with E-state index in [2.05, 4.69) is 59.5 Å². The van der Waals surface area contributed by atoms with Gasteiger partial charge in [-0.3, -0.25) is 4.98 Å². The van der Waals surface area contributed by atoms with Gasteiger partial charge in [-0.25, -0.2) is 4.98 Å². The van der Waals surface area contributed by atoms with Gasteiger partial charge in [0, 0.05) is 23.7 Å². The van der Waals surface area contributed by atoms with Crippen LogP contribution in [0.25, 0.3) is 0 Å². The highest BCUT2D eigenvalue weighted by Gasteiger charge is 2.19. The van der Waals surface area contributed by atoms with Gasteiger partial charge in [0.25, 0.3) is 0 Å². The number of hydrogen-bond donors (Lipinski definition) is 1. The van der Waals surface area contributed by atoms with Crippen LogP contribution in [0, 0.1) is 0 Å². The van der Waals surface area contributed by atoms with Crippen molar-refractivity contribution >= 4 is 11.8 Å². The lowest BCUT2D eigenvalue weighted by Gasteiger charge is -2.25. The van der Waals surface area contributed by atoms with Crippen LogP contribution in [0.5, 0.6) is 0 Å². The predicted molar refractivity (Wildman–Crippen MR) is 84.8 cm³/mol. The minimum Gasteiger partial charge on any atom is -0.309 e. The van der Waals surface area contributed by atoms with Crippen LogP contribution in [0.4, 0.5) is 0 Å². The van der Waals surface area contributed by atoms with Crippen molar-refractivity contribution in [1.29, 1.82) is 0 Å². The standard InChI is InChI=1S/C16H21N3S/c1-3-9-19-16(14-7-5-4-6-8-14)13(2)20-15-12-17-10-11-18-15/h4-8,10-13,16,19H,3,9H2,1-2H3. The fraction of sp³-hybridized carbons (Fsp3) is 0.375. The minimum absolute atomic E-state index is 0.322. The van der Waals surface area contributed by atoms with Gasteiger partial charge in [0.15, 0.2) is 0 Å². The normalized spacial score (nSPS) is 13.9. The molecule has 2 atom stereocenters. The average Bonchev–Trinajstić information content (AvgIpc) is 2.50. The minimum atomic E-state index is 0.322. The smallest absolute Gasteiger partial charge is 0.115 e. The second-order valence-electron chi connectivity index (χ2n) is 4.71. The van der Waals surface area contributed by atoms with Gasteiger partial charge >= 0.3 is 0 Å². The Labute approximate surface area is 125 Å². The maximum absolute atomic E-state index is 4.35. The average molecular weight is 287 g/mol. The lowest BCUT2D eigenvalue weighted by Crippen LogP contribution is -2.29. The van der Waals surface area contributed by atoms with E-state index in [4.69, 9.17) is 0 Å². The molecule has 0 saturated heterocycles. The molecule has 2 aromatic rings. The Morgan fingerprint density at radius 1 is 1.20 bits per heavy atom. The van der Waals surface area contributed by atoms with Gasteiger partial charge in [0.05, 0.1) is 6.20 Å². The Bertz CT molecular complexity index is 490. The summed E-state index contributed by atoms with van der Waals surface area (Å²) >= 11 is 1.76. The molecule has 2 unspecified atom stereocenters. The van der Waals surface area contributed by atoms with E-state index in [9.17, 15) is 0 Å². The summed E-state index contributed by atoms with van der Waals surface area (Å²) in [5.41, 5.74) is 1.32. The summed E-state index contributed by atoms with van der Waals surface area (Å²) in [6, 6.07) is 10.9. The van der Waals surface area contributed by atoms with E-state index < -0.39 is 0 Å². The van der Waals surface area contributed by atoms with E-state index in [1.165, 1.54) is 5.56 Å². The monoisotopic (exact) mass is 287 g/mol. The van der Waals surface area contributed by atoms with Crippen LogP contribution in [-0.4, -0.2) is 21.8 Å². The quantitative estimate of drug-likeness (QED) is 0.788. The van der Waals surface area contributed by atoms with E-state index in [0.717, 1.165) is 18.0 Å². The summed E-state index contributed by atoms with van der Waals surface area (Å²) in [5, 5.41) is 5.00. The first-order valence-corrected chi connectivity index (χ1v) is 7.90. The Morgan fingerprint density at radius 2 is 2.00 bits per heavy atom. The maximum Gasteiger partial charge on any atom is 0.115 e. The summed E-state index contributed by atoms with van der Waals surface area (Å²) < 4.78 is 0. The number of aromatic nitrogens is 2. The zero-order valence-corrected chi connectivity index (χ0v) is 12.8. The van der Waals surface area contributed by atoms with E-state index in [-0.39, 0.29) is 0 Å². The molecular formula is C16H21N3S. The summed E-state index contributed by atoms with van der Waals surface area (Å²) in [7, 11) is 0. The number of thioether (sulfide) groups is 1. The third-order valence-electron chi connectivity index (χ3n) is 3.09. The lowest BCUT2D eigenvalue weighted by molar-refractivity contribution is 0.527. The first-order valence-electron chi connectivity index (χ1n) is 7.02. The predicted octanol–water partition coefficient (Wildman–Crippen LogP) is 3.70. The fourth-order valence-corrected chi connectivity index (χ4v) is 3.13. The molecule has 0 saturated carbocycles. The number of hydrogen-bond acceptors (Lipinski definition) is 4. The van der Waals surface area contributed by atoms with Gasteiger partial charge in [0.2, 0.25) is 0 Å². The van der Waals surface area contributed by atoms with Crippen LogP contribution >= 0.6 is 11.8 Å². The van der Waals surface area contributed by atoms with Crippen molar-refractivity contribution < 1.29 is 0 Å². The fourth-order valence-electron chi connectivity index (χ4n) is 2.12. The van der Waals surface area contributed by atoms with Crippen molar-refractivity contribution in [3.63, 3.8) is 0 Å². The van der Waals surface area contributed by atoms with Crippen LogP contribution in [0.2, 0.25) is 0 Å². The van der Waals surface area contributed by atoms with Gasteiger partial charge in [-0.15, -0.1) is 0 Å². The van der Waals surface area contributed by atoms with Crippen molar-refractivity contribution in [3.05, 3.63) is 54.5 Å². The third kappa shape index (κ3) is 4.32. The molecule has 1 aromatic heterocycles. The zero-order valence-electron chi connectivity index (χ0n) is 12.0. The van der Waals surface area contributed by atoms with Crippen molar-refractivity contribution in [1.82, 2.24) is 15.3 Å². The van der Waals surface area contributed by atoms with Crippen molar-refractivity contribution in [2.45, 2.75) is 36.6 Å². The molecule has 0 fully saturated rings. The third-order valence-corrected chi connectivity index (χ3v) is 4.18. The molecule has 3 nitrogen and oxygen atoms in total. The summed E-state index contributed by atoms with van der Waals surface area (Å²) in [4.78, 5) is 8.48. The Morgan fingerprint density at radius 3 is 2.65 bits per heavy atom. The molecule has 0 amide bonds. The maximum atomic E-state index is 4.35. The molecule has 0 radical (unpaired) electrons. The van der Waals surface area contributed by atoms with Gasteiger partial charge in [-0.2, -0.15) is 0 Å². The Kier molecular flexibility index (Phi) is 6.02. The summed E-state index contributed by atoms with van der Waals surface area (Å²) in [6.07, 6.45) is 6.40. The van der Waals surface area contributed by atoms with Gasteiger partial charge in [-0.1, -0.05) is 55.9 Å². The molecule has 20 heavy (non-hydrogen) atoms. The van der Waals surface area contributed by atoms with Crippen molar-refractivity contribution in [2.75, 3.05) is 6.54 Å². The molecule has 0 aliphatic heterocycles. The first-order chi connectivity index (χ1) is 9.81. The van der Waals surface area contributed by atoms with Crippen LogP contribution in [-0.2, 0) is 0 Å². The Balaban J connectivity index is 2.10. The van der Waals surface area contributed by atoms with Crippen LogP contribution in [0.15, 0.2) is 53.9 Å². The first kappa shape index (κ1) is 15.0. The van der Waals surface area contributed by atoms with Gasteiger partial charge in [-0.05, 0) is 18.5 Å². The van der Waals surface area contributed by atoms with Gasteiger partial charge in [0.1, 0.15) is 5.03 Å². The van der Waals surface area contributed by atoms with Crippen molar-refractivity contribution in [3.8, 4) is 0 Å². The largest absolute Gasteiger partial charge is 0.309 e.